The van der Waals surface area contributed by atoms with Crippen molar-refractivity contribution in [2.75, 3.05) is 18.0 Å². The van der Waals surface area contributed by atoms with E-state index in [9.17, 15) is 14.0 Å². The number of cyclic esters (lactones) is 1. The number of anilines is 1. The molecule has 1 saturated heterocycles. The lowest BCUT2D eigenvalue weighted by molar-refractivity contribution is -0.688. The van der Waals surface area contributed by atoms with E-state index >= 15 is 0 Å². The summed E-state index contributed by atoms with van der Waals surface area (Å²) in [6.07, 6.45) is 2.84. The molecule has 6 nitrogen and oxygen atoms in total. The fourth-order valence-electron chi connectivity index (χ4n) is 3.77. The smallest absolute Gasteiger partial charge is 0.414 e. The van der Waals surface area contributed by atoms with Crippen molar-refractivity contribution in [3.05, 3.63) is 83.9 Å². The summed E-state index contributed by atoms with van der Waals surface area (Å²) in [6.45, 7) is 4.68. The molecule has 1 N–H and O–H groups in total. The van der Waals surface area contributed by atoms with Gasteiger partial charge in [0.05, 0.1) is 18.8 Å². The molecule has 1 fully saturated rings. The van der Waals surface area contributed by atoms with Crippen LogP contribution in [0.25, 0.3) is 11.1 Å². The first-order valence-electron chi connectivity index (χ1n) is 10.5. The van der Waals surface area contributed by atoms with E-state index in [0.717, 1.165) is 12.1 Å². The maximum Gasteiger partial charge on any atom is 0.414 e. The van der Waals surface area contributed by atoms with Gasteiger partial charge in [-0.2, -0.15) is 0 Å². The number of nitrogens with one attached hydrogen (secondary N) is 1. The zero-order chi connectivity index (χ0) is 22.7. The van der Waals surface area contributed by atoms with Gasteiger partial charge in [0.1, 0.15) is 11.9 Å². The Hall–Kier alpha value is -3.74. The number of aromatic nitrogens is 1. The predicted molar refractivity (Wildman–Crippen MR) is 119 cm³/mol. The Balaban J connectivity index is 1.46. The van der Waals surface area contributed by atoms with Gasteiger partial charge in [-0.25, -0.2) is 13.8 Å². The Bertz CT molecular complexity index is 1150. The molecule has 1 aliphatic heterocycles. The van der Waals surface area contributed by atoms with Gasteiger partial charge >= 0.3 is 6.09 Å². The molecule has 2 amide bonds. The van der Waals surface area contributed by atoms with Crippen LogP contribution in [0.3, 0.4) is 0 Å². The van der Waals surface area contributed by atoms with E-state index in [4.69, 9.17) is 4.74 Å². The van der Waals surface area contributed by atoms with Crippen molar-refractivity contribution in [1.29, 1.82) is 0 Å². The average Bonchev–Trinajstić information content (AvgIpc) is 3.13. The lowest BCUT2D eigenvalue weighted by atomic mass is 10.1. The van der Waals surface area contributed by atoms with Crippen LogP contribution in [0.4, 0.5) is 14.9 Å². The van der Waals surface area contributed by atoms with Crippen molar-refractivity contribution in [2.45, 2.75) is 26.5 Å². The fourth-order valence-corrected chi connectivity index (χ4v) is 3.77. The van der Waals surface area contributed by atoms with Crippen molar-refractivity contribution in [3.8, 4) is 11.1 Å². The molecule has 32 heavy (non-hydrogen) atoms. The van der Waals surface area contributed by atoms with E-state index in [2.05, 4.69) is 30.4 Å². The minimum absolute atomic E-state index is 0.196. The van der Waals surface area contributed by atoms with Gasteiger partial charge in [-0.15, -0.1) is 0 Å². The van der Waals surface area contributed by atoms with E-state index in [0.29, 0.717) is 11.3 Å². The third-order valence-electron chi connectivity index (χ3n) is 5.37. The lowest BCUT2D eigenvalue weighted by Crippen LogP contribution is -2.33. The zero-order valence-electron chi connectivity index (χ0n) is 18.0. The molecule has 3 aromatic rings. The molecular weight excluding hydrogens is 409 g/mol. The van der Waals surface area contributed by atoms with Gasteiger partial charge in [-0.05, 0) is 36.8 Å². The number of ether oxygens (including phenoxy) is 1. The van der Waals surface area contributed by atoms with Gasteiger partial charge in [0, 0.05) is 30.2 Å². The topological polar surface area (TPSA) is 62.5 Å². The van der Waals surface area contributed by atoms with E-state index in [1.165, 1.54) is 29.0 Å². The molecule has 1 aliphatic rings. The maximum atomic E-state index is 14.9. The number of hydrogen-bond acceptors (Lipinski definition) is 3. The molecule has 1 unspecified atom stereocenters. The van der Waals surface area contributed by atoms with Gasteiger partial charge in [0.15, 0.2) is 18.9 Å². The van der Waals surface area contributed by atoms with Gasteiger partial charge in [-0.3, -0.25) is 9.69 Å². The number of nitrogens with zero attached hydrogens (tertiary/aromatic N) is 2. The van der Waals surface area contributed by atoms with Crippen LogP contribution in [-0.4, -0.2) is 31.2 Å². The molecule has 164 valence electrons. The minimum Gasteiger partial charge on any atom is -0.442 e. The maximum absolute atomic E-state index is 14.9. The minimum atomic E-state index is -0.551. The zero-order valence-corrected chi connectivity index (χ0v) is 18.0. The Morgan fingerprint density at radius 2 is 1.97 bits per heavy atom. The summed E-state index contributed by atoms with van der Waals surface area (Å²) in [7, 11) is 0. The normalized spacial score (nSPS) is 15.5. The molecule has 7 heteroatoms. The largest absolute Gasteiger partial charge is 0.442 e. The molecule has 4 rings (SSSR count). The number of aryl methyl sites for hydroxylation is 1. The first-order chi connectivity index (χ1) is 15.4. The van der Waals surface area contributed by atoms with Gasteiger partial charge in [0.2, 0.25) is 5.91 Å². The number of carbonyl (C=O) groups excluding carboxylic acids is 2. The molecular formula is C25H25FN3O3+. The second-order valence-electron chi connectivity index (χ2n) is 7.97. The predicted octanol–water partition coefficient (Wildman–Crippen LogP) is 3.60. The highest BCUT2D eigenvalue weighted by Gasteiger charge is 2.32. The average molecular weight is 434 g/mol. The third kappa shape index (κ3) is 4.94. The number of rotatable bonds is 6. The summed E-state index contributed by atoms with van der Waals surface area (Å²) < 4.78 is 22.2. The SMILES string of the molecule is CC(=O)NCC1CN(c2ccc(-c3cc[n+](Cc4cccc(C)c4)cc3)c(F)c2)C(=O)O1. The van der Waals surface area contributed by atoms with Crippen molar-refractivity contribution in [2.24, 2.45) is 0 Å². The van der Waals surface area contributed by atoms with Crippen LogP contribution < -0.4 is 14.8 Å². The monoisotopic (exact) mass is 434 g/mol. The van der Waals surface area contributed by atoms with Crippen LogP contribution in [-0.2, 0) is 16.1 Å². The number of benzene rings is 2. The Morgan fingerprint density at radius 1 is 1.19 bits per heavy atom. The number of amides is 2. The number of carbonyl (C=O) groups is 2. The molecule has 2 aromatic carbocycles. The first-order valence-corrected chi connectivity index (χ1v) is 10.5. The Labute approximate surface area is 186 Å². The third-order valence-corrected chi connectivity index (χ3v) is 5.37. The van der Waals surface area contributed by atoms with Crippen LogP contribution in [0.2, 0.25) is 0 Å². The molecule has 1 atom stereocenters. The van der Waals surface area contributed by atoms with Crippen LogP contribution >= 0.6 is 0 Å². The second-order valence-corrected chi connectivity index (χ2v) is 7.97. The standard InChI is InChI=1S/C25H24FN3O3/c1-17-4-3-5-19(12-17)15-28-10-8-20(9-11-28)23-7-6-21(13-24(23)26)29-16-22(32-25(29)31)14-27-18(2)30/h3-13,22H,14-16H2,1-2H3/p+1. The van der Waals surface area contributed by atoms with E-state index < -0.39 is 18.0 Å². The fraction of sp³-hybridized carbons (Fsp3) is 0.240. The van der Waals surface area contributed by atoms with Crippen molar-refractivity contribution < 1.29 is 23.3 Å². The second kappa shape index (κ2) is 9.18. The Morgan fingerprint density at radius 3 is 2.66 bits per heavy atom. The summed E-state index contributed by atoms with van der Waals surface area (Å²) in [5.74, 6) is -0.616. The highest BCUT2D eigenvalue weighted by atomic mass is 19.1. The van der Waals surface area contributed by atoms with Crippen LogP contribution in [0.5, 0.6) is 0 Å². The molecule has 0 aliphatic carbocycles. The summed E-state index contributed by atoms with van der Waals surface area (Å²) in [6, 6.07) is 16.8. The first kappa shape index (κ1) is 21.5. The number of hydrogen-bond donors (Lipinski definition) is 1. The summed E-state index contributed by atoms with van der Waals surface area (Å²) in [5.41, 5.74) is 4.05. The van der Waals surface area contributed by atoms with Gasteiger partial charge < -0.3 is 10.1 Å². The molecule has 0 radical (unpaired) electrons. The molecule has 2 heterocycles. The summed E-state index contributed by atoms with van der Waals surface area (Å²) in [5, 5.41) is 2.63. The van der Waals surface area contributed by atoms with Crippen LogP contribution in [0, 0.1) is 12.7 Å². The van der Waals surface area contributed by atoms with Crippen molar-refractivity contribution >= 4 is 17.7 Å². The van der Waals surface area contributed by atoms with E-state index in [1.54, 1.807) is 12.1 Å². The summed E-state index contributed by atoms with van der Waals surface area (Å²) >= 11 is 0. The van der Waals surface area contributed by atoms with Crippen LogP contribution in [0.1, 0.15) is 18.1 Å². The molecule has 0 saturated carbocycles. The highest BCUT2D eigenvalue weighted by molar-refractivity contribution is 5.90. The van der Waals surface area contributed by atoms with E-state index in [-0.39, 0.29) is 19.0 Å². The van der Waals surface area contributed by atoms with E-state index in [1.807, 2.05) is 35.2 Å². The van der Waals surface area contributed by atoms with Gasteiger partial charge in [0.25, 0.3) is 0 Å². The Kier molecular flexibility index (Phi) is 6.16. The molecule has 0 bridgehead atoms. The number of pyridine rings is 1. The summed E-state index contributed by atoms with van der Waals surface area (Å²) in [4.78, 5) is 24.6. The molecule has 1 aromatic heterocycles. The van der Waals surface area contributed by atoms with Gasteiger partial charge in [-0.1, -0.05) is 23.8 Å². The number of halogens is 1. The van der Waals surface area contributed by atoms with Crippen molar-refractivity contribution in [3.63, 3.8) is 0 Å². The van der Waals surface area contributed by atoms with Crippen LogP contribution in [0.15, 0.2) is 67.0 Å². The highest BCUT2D eigenvalue weighted by Crippen LogP contribution is 2.28. The lowest BCUT2D eigenvalue weighted by Gasteiger charge is -2.14. The van der Waals surface area contributed by atoms with Crippen molar-refractivity contribution in [1.82, 2.24) is 5.32 Å². The molecule has 0 spiro atoms. The quantitative estimate of drug-likeness (QED) is 0.603.